The van der Waals surface area contributed by atoms with Crippen molar-refractivity contribution in [1.82, 2.24) is 10.2 Å². The number of phenolic OH excluding ortho intramolecular Hbond substituents is 1. The zero-order valence-electron chi connectivity index (χ0n) is 24.9. The van der Waals surface area contributed by atoms with E-state index in [-0.39, 0.29) is 24.6 Å². The summed E-state index contributed by atoms with van der Waals surface area (Å²) >= 11 is 0. The molecule has 0 saturated carbocycles. The number of carbonyl (C=O) groups is 3. The van der Waals surface area contributed by atoms with E-state index in [1.165, 1.54) is 17.0 Å². The zero-order chi connectivity index (χ0) is 30.3. The van der Waals surface area contributed by atoms with Gasteiger partial charge in [0.1, 0.15) is 23.4 Å². The molecule has 0 aliphatic heterocycles. The minimum absolute atomic E-state index is 0.0922. The van der Waals surface area contributed by atoms with E-state index in [9.17, 15) is 19.5 Å². The molecule has 41 heavy (non-hydrogen) atoms. The van der Waals surface area contributed by atoms with Gasteiger partial charge < -0.3 is 25.4 Å². The molecule has 3 aromatic rings. The van der Waals surface area contributed by atoms with Gasteiger partial charge >= 0.3 is 6.09 Å². The number of aryl methyl sites for hydroxylation is 3. The summed E-state index contributed by atoms with van der Waals surface area (Å²) in [6.45, 7) is 13.1. The Bertz CT molecular complexity index is 1380. The number of aromatic hydroxyl groups is 1. The lowest BCUT2D eigenvalue weighted by Crippen LogP contribution is -2.53. The van der Waals surface area contributed by atoms with Crippen LogP contribution in [0.5, 0.6) is 5.75 Å². The Labute approximate surface area is 242 Å². The van der Waals surface area contributed by atoms with Gasteiger partial charge in [0.05, 0.1) is 0 Å². The highest BCUT2D eigenvalue weighted by Crippen LogP contribution is 2.27. The van der Waals surface area contributed by atoms with Crippen LogP contribution in [-0.2, 0) is 20.7 Å². The third-order valence-electron chi connectivity index (χ3n) is 6.80. The minimum atomic E-state index is -1.03. The summed E-state index contributed by atoms with van der Waals surface area (Å²) in [5.41, 5.74) is 4.23. The van der Waals surface area contributed by atoms with Crippen molar-refractivity contribution < 1.29 is 24.2 Å². The monoisotopic (exact) mass is 559 g/mol. The first-order valence-electron chi connectivity index (χ1n) is 13.8. The van der Waals surface area contributed by atoms with Crippen LogP contribution in [0.1, 0.15) is 61.6 Å². The van der Waals surface area contributed by atoms with E-state index in [2.05, 4.69) is 10.6 Å². The van der Waals surface area contributed by atoms with Gasteiger partial charge in [-0.2, -0.15) is 0 Å². The van der Waals surface area contributed by atoms with E-state index in [1.807, 2.05) is 63.2 Å². The first-order valence-corrected chi connectivity index (χ1v) is 13.8. The van der Waals surface area contributed by atoms with Crippen LogP contribution in [0.25, 0.3) is 0 Å². The number of benzene rings is 3. The van der Waals surface area contributed by atoms with Crippen molar-refractivity contribution in [3.8, 4) is 5.75 Å². The van der Waals surface area contributed by atoms with Crippen molar-refractivity contribution in [2.45, 2.75) is 72.6 Å². The van der Waals surface area contributed by atoms with Gasteiger partial charge in [0.15, 0.2) is 0 Å². The summed E-state index contributed by atoms with van der Waals surface area (Å²) in [6.07, 6.45) is -0.605. The number of nitrogens with zero attached hydrogens (tertiary/aromatic N) is 1. The smallest absolute Gasteiger partial charge is 0.408 e. The molecule has 8 heteroatoms. The Hall–Kier alpha value is -4.33. The molecule has 2 unspecified atom stereocenters. The predicted octanol–water partition coefficient (Wildman–Crippen LogP) is 5.98. The Kier molecular flexibility index (Phi) is 10.2. The van der Waals surface area contributed by atoms with Gasteiger partial charge in [-0.15, -0.1) is 0 Å². The SMILES string of the molecule is CCN(C(=O)C(Cc1ccc(O)cc1)NC(=O)OC(C)(C)C)C(C(=O)Nc1ccccc1C)c1ccc(C)c(C)c1. The number of likely N-dealkylation sites (N-methyl/N-ethyl adjacent to an activating group) is 1. The lowest BCUT2D eigenvalue weighted by atomic mass is 9.97. The summed E-state index contributed by atoms with van der Waals surface area (Å²) < 4.78 is 5.46. The van der Waals surface area contributed by atoms with Crippen molar-refractivity contribution in [3.63, 3.8) is 0 Å². The van der Waals surface area contributed by atoms with E-state index >= 15 is 0 Å². The molecule has 8 nitrogen and oxygen atoms in total. The number of carbonyl (C=O) groups excluding carboxylic acids is 3. The third kappa shape index (κ3) is 8.58. The van der Waals surface area contributed by atoms with E-state index in [0.717, 1.165) is 22.3 Å². The number of para-hydroxylation sites is 1. The maximum atomic E-state index is 14.3. The second kappa shape index (κ2) is 13.4. The summed E-state index contributed by atoms with van der Waals surface area (Å²) in [6, 6.07) is 17.6. The molecule has 0 aliphatic rings. The van der Waals surface area contributed by atoms with Gasteiger partial charge in [-0.3, -0.25) is 9.59 Å². The fourth-order valence-corrected chi connectivity index (χ4v) is 4.51. The van der Waals surface area contributed by atoms with Crippen LogP contribution in [0.3, 0.4) is 0 Å². The number of hydrogen-bond donors (Lipinski definition) is 3. The molecule has 3 rings (SSSR count). The number of phenols is 1. The molecule has 0 aliphatic carbocycles. The molecule has 3 amide bonds. The molecule has 0 heterocycles. The standard InChI is InChI=1S/C33H41N3O5/c1-8-36(31(39)28(35-32(40)41-33(5,6)7)20-24-14-17-26(37)18-15-24)29(25-16-13-21(2)23(4)19-25)30(38)34-27-12-10-9-11-22(27)3/h9-19,28-29,37H,8,20H2,1-7H3,(H,34,38)(H,35,40). The fraction of sp³-hybridized carbons (Fsp3) is 0.364. The normalized spacial score (nSPS) is 12.7. The van der Waals surface area contributed by atoms with Crippen LogP contribution in [0, 0.1) is 20.8 Å². The number of ether oxygens (including phenoxy) is 1. The van der Waals surface area contributed by atoms with Crippen molar-refractivity contribution in [2.24, 2.45) is 0 Å². The van der Waals surface area contributed by atoms with E-state index in [0.29, 0.717) is 11.3 Å². The van der Waals surface area contributed by atoms with Gasteiger partial charge in [0, 0.05) is 18.7 Å². The molecule has 0 bridgehead atoms. The van der Waals surface area contributed by atoms with Crippen molar-refractivity contribution in [1.29, 1.82) is 0 Å². The highest BCUT2D eigenvalue weighted by molar-refractivity contribution is 5.99. The number of alkyl carbamates (subject to hydrolysis) is 1. The summed E-state index contributed by atoms with van der Waals surface area (Å²) in [4.78, 5) is 42.5. The first-order chi connectivity index (χ1) is 19.3. The largest absolute Gasteiger partial charge is 0.508 e. The number of hydrogen-bond acceptors (Lipinski definition) is 5. The van der Waals surface area contributed by atoms with Crippen LogP contribution >= 0.6 is 0 Å². The molecule has 0 radical (unpaired) electrons. The van der Waals surface area contributed by atoms with Gasteiger partial charge in [-0.1, -0.05) is 48.5 Å². The Balaban J connectivity index is 2.04. The molecule has 218 valence electrons. The minimum Gasteiger partial charge on any atom is -0.508 e. The van der Waals surface area contributed by atoms with Gasteiger partial charge in [-0.05, 0) is 94.5 Å². The van der Waals surface area contributed by atoms with Gasteiger partial charge in [0.25, 0.3) is 5.91 Å². The van der Waals surface area contributed by atoms with Crippen molar-refractivity contribution in [2.75, 3.05) is 11.9 Å². The predicted molar refractivity (Wildman–Crippen MR) is 161 cm³/mol. The summed E-state index contributed by atoms with van der Waals surface area (Å²) in [5, 5.41) is 15.5. The number of rotatable bonds is 9. The van der Waals surface area contributed by atoms with E-state index < -0.39 is 29.7 Å². The topological polar surface area (TPSA) is 108 Å². The van der Waals surface area contributed by atoms with Crippen LogP contribution in [0.2, 0.25) is 0 Å². The Morgan fingerprint density at radius 3 is 2.15 bits per heavy atom. The third-order valence-corrected chi connectivity index (χ3v) is 6.80. The molecule has 0 spiro atoms. The maximum absolute atomic E-state index is 14.3. The second-order valence-electron chi connectivity index (χ2n) is 11.2. The fourth-order valence-electron chi connectivity index (χ4n) is 4.51. The van der Waals surface area contributed by atoms with Crippen LogP contribution in [0.15, 0.2) is 66.7 Å². The van der Waals surface area contributed by atoms with Crippen molar-refractivity contribution in [3.05, 3.63) is 94.5 Å². The molecule has 0 aromatic heterocycles. The molecular formula is C33H41N3O5. The summed E-state index contributed by atoms with van der Waals surface area (Å²) in [5.74, 6) is -0.706. The zero-order valence-corrected chi connectivity index (χ0v) is 24.9. The average molecular weight is 560 g/mol. The van der Waals surface area contributed by atoms with E-state index in [1.54, 1.807) is 39.8 Å². The highest BCUT2D eigenvalue weighted by Gasteiger charge is 2.36. The molecule has 0 fully saturated rings. The van der Waals surface area contributed by atoms with Crippen molar-refractivity contribution >= 4 is 23.6 Å². The number of amides is 3. The summed E-state index contributed by atoms with van der Waals surface area (Å²) in [7, 11) is 0. The van der Waals surface area contributed by atoms with Crippen LogP contribution < -0.4 is 10.6 Å². The van der Waals surface area contributed by atoms with Gasteiger partial charge in [-0.25, -0.2) is 4.79 Å². The van der Waals surface area contributed by atoms with E-state index in [4.69, 9.17) is 4.74 Å². The maximum Gasteiger partial charge on any atom is 0.408 e. The average Bonchev–Trinajstić information content (AvgIpc) is 2.89. The Morgan fingerprint density at radius 1 is 0.902 bits per heavy atom. The number of anilines is 1. The lowest BCUT2D eigenvalue weighted by molar-refractivity contribution is -0.140. The second-order valence-corrected chi connectivity index (χ2v) is 11.2. The molecule has 2 atom stereocenters. The van der Waals surface area contributed by atoms with Gasteiger partial charge in [0.2, 0.25) is 5.91 Å². The molecule has 3 N–H and O–H groups in total. The highest BCUT2D eigenvalue weighted by atomic mass is 16.6. The molecular weight excluding hydrogens is 518 g/mol. The van der Waals surface area contributed by atoms with Crippen LogP contribution in [-0.4, -0.2) is 46.1 Å². The quantitative estimate of drug-likeness (QED) is 0.299. The Morgan fingerprint density at radius 2 is 1.56 bits per heavy atom. The first kappa shape index (κ1) is 31.2. The molecule has 3 aromatic carbocycles. The number of nitrogens with one attached hydrogen (secondary N) is 2. The van der Waals surface area contributed by atoms with Crippen LogP contribution in [0.4, 0.5) is 10.5 Å². The molecule has 0 saturated heterocycles. The lowest BCUT2D eigenvalue weighted by Gasteiger charge is -2.34.